The standard InChI is InChI=1S/C19H22N4O.2ClH/c1-13(19-22-16-10-6-7-11-17(16)23(19)2)21-18(24)12-15(20)14-8-4-3-5-9-14;;/h3-11,13,15H,12,20H2,1-2H3,(H,21,24);2*1H. The van der Waals surface area contributed by atoms with Crippen molar-refractivity contribution in [2.45, 2.75) is 25.4 Å². The minimum atomic E-state index is -0.307. The number of aromatic nitrogens is 2. The molecule has 3 rings (SSSR count). The van der Waals surface area contributed by atoms with E-state index in [1.54, 1.807) is 0 Å². The number of nitrogens with zero attached hydrogens (tertiary/aromatic N) is 2. The number of imidazole rings is 1. The molecule has 7 heteroatoms. The number of para-hydroxylation sites is 2. The van der Waals surface area contributed by atoms with Gasteiger partial charge in [0.15, 0.2) is 0 Å². The lowest BCUT2D eigenvalue weighted by Gasteiger charge is -2.16. The topological polar surface area (TPSA) is 72.9 Å². The molecule has 0 aliphatic heterocycles. The van der Waals surface area contributed by atoms with Crippen molar-refractivity contribution in [1.29, 1.82) is 0 Å². The molecular formula is C19H24Cl2N4O. The normalized spacial score (nSPS) is 12.6. The highest BCUT2D eigenvalue weighted by molar-refractivity contribution is 5.85. The van der Waals surface area contributed by atoms with Crippen LogP contribution in [0.1, 0.15) is 36.8 Å². The number of amides is 1. The monoisotopic (exact) mass is 394 g/mol. The summed E-state index contributed by atoms with van der Waals surface area (Å²) in [5.74, 6) is 0.753. The lowest BCUT2D eigenvalue weighted by Crippen LogP contribution is -2.31. The molecule has 0 fully saturated rings. The molecule has 1 aromatic heterocycles. The summed E-state index contributed by atoms with van der Waals surface area (Å²) in [6.07, 6.45) is 0.248. The quantitative estimate of drug-likeness (QED) is 0.692. The van der Waals surface area contributed by atoms with Gasteiger partial charge in [0.05, 0.1) is 17.1 Å². The number of carbonyl (C=O) groups excluding carboxylic acids is 1. The van der Waals surface area contributed by atoms with Gasteiger partial charge in [0, 0.05) is 19.5 Å². The molecule has 2 unspecified atom stereocenters. The minimum Gasteiger partial charge on any atom is -0.346 e. The highest BCUT2D eigenvalue weighted by Gasteiger charge is 2.18. The largest absolute Gasteiger partial charge is 0.346 e. The first kappa shape index (κ1) is 22.0. The number of aryl methyl sites for hydroxylation is 1. The average molecular weight is 395 g/mol. The van der Waals surface area contributed by atoms with Crippen molar-refractivity contribution in [2.24, 2.45) is 12.8 Å². The molecule has 140 valence electrons. The summed E-state index contributed by atoms with van der Waals surface area (Å²) in [6, 6.07) is 17.1. The third-order valence-electron chi connectivity index (χ3n) is 4.22. The van der Waals surface area contributed by atoms with E-state index >= 15 is 0 Å². The molecule has 3 N–H and O–H groups in total. The van der Waals surface area contributed by atoms with Crippen LogP contribution in [0.15, 0.2) is 54.6 Å². The zero-order chi connectivity index (χ0) is 17.1. The van der Waals surface area contributed by atoms with Crippen LogP contribution in [0.5, 0.6) is 0 Å². The fourth-order valence-electron chi connectivity index (χ4n) is 2.93. The fourth-order valence-corrected chi connectivity index (χ4v) is 2.93. The van der Waals surface area contributed by atoms with E-state index in [1.807, 2.05) is 73.1 Å². The molecule has 1 amide bonds. The highest BCUT2D eigenvalue weighted by atomic mass is 35.5. The fraction of sp³-hybridized carbons (Fsp3) is 0.263. The van der Waals surface area contributed by atoms with Crippen molar-refractivity contribution in [2.75, 3.05) is 0 Å². The molecule has 0 aliphatic carbocycles. The Labute approximate surface area is 165 Å². The van der Waals surface area contributed by atoms with Crippen molar-refractivity contribution < 1.29 is 4.79 Å². The Morgan fingerprint density at radius 3 is 2.38 bits per heavy atom. The third kappa shape index (κ3) is 4.75. The summed E-state index contributed by atoms with van der Waals surface area (Å²) in [5.41, 5.74) is 9.06. The van der Waals surface area contributed by atoms with Gasteiger partial charge in [-0.2, -0.15) is 0 Å². The molecule has 2 aromatic carbocycles. The van der Waals surface area contributed by atoms with E-state index < -0.39 is 0 Å². The summed E-state index contributed by atoms with van der Waals surface area (Å²) in [4.78, 5) is 16.9. The van der Waals surface area contributed by atoms with Gasteiger partial charge in [-0.3, -0.25) is 4.79 Å². The summed E-state index contributed by atoms with van der Waals surface area (Å²) in [7, 11) is 1.96. The second-order valence-corrected chi connectivity index (χ2v) is 6.03. The van der Waals surface area contributed by atoms with Crippen LogP contribution in [0, 0.1) is 0 Å². The van der Waals surface area contributed by atoms with Crippen molar-refractivity contribution >= 4 is 41.8 Å². The maximum absolute atomic E-state index is 12.3. The minimum absolute atomic E-state index is 0. The zero-order valence-corrected chi connectivity index (χ0v) is 16.4. The number of hydrogen-bond acceptors (Lipinski definition) is 3. The van der Waals surface area contributed by atoms with Gasteiger partial charge in [0.25, 0.3) is 0 Å². The van der Waals surface area contributed by atoms with Crippen LogP contribution in [0.4, 0.5) is 0 Å². The zero-order valence-electron chi connectivity index (χ0n) is 14.8. The predicted octanol–water partition coefficient (Wildman–Crippen LogP) is 3.68. The summed E-state index contributed by atoms with van der Waals surface area (Å²) in [6.45, 7) is 1.94. The molecule has 0 radical (unpaired) electrons. The van der Waals surface area contributed by atoms with Gasteiger partial charge in [-0.15, -0.1) is 24.8 Å². The first-order valence-corrected chi connectivity index (χ1v) is 8.07. The van der Waals surface area contributed by atoms with Gasteiger partial charge in [0.1, 0.15) is 5.82 Å². The molecule has 2 atom stereocenters. The Hall–Kier alpha value is -2.08. The van der Waals surface area contributed by atoms with E-state index in [-0.39, 0.29) is 49.2 Å². The van der Waals surface area contributed by atoms with Gasteiger partial charge in [-0.1, -0.05) is 42.5 Å². The maximum Gasteiger partial charge on any atom is 0.222 e. The van der Waals surface area contributed by atoms with E-state index in [0.29, 0.717) is 0 Å². The number of fused-ring (bicyclic) bond motifs is 1. The van der Waals surface area contributed by atoms with Crippen molar-refractivity contribution in [3.8, 4) is 0 Å². The lowest BCUT2D eigenvalue weighted by molar-refractivity contribution is -0.122. The highest BCUT2D eigenvalue weighted by Crippen LogP contribution is 2.20. The Kier molecular flexibility index (Phi) is 8.08. The molecule has 0 saturated heterocycles. The second-order valence-electron chi connectivity index (χ2n) is 6.03. The van der Waals surface area contributed by atoms with E-state index in [2.05, 4.69) is 10.3 Å². The van der Waals surface area contributed by atoms with E-state index in [0.717, 1.165) is 22.4 Å². The molecule has 5 nitrogen and oxygen atoms in total. The average Bonchev–Trinajstić information content (AvgIpc) is 2.93. The maximum atomic E-state index is 12.3. The predicted molar refractivity (Wildman–Crippen MR) is 110 cm³/mol. The second kappa shape index (κ2) is 9.57. The Balaban J connectivity index is 0.00000169. The van der Waals surface area contributed by atoms with Gasteiger partial charge >= 0.3 is 0 Å². The number of benzene rings is 2. The van der Waals surface area contributed by atoms with E-state index in [4.69, 9.17) is 5.73 Å². The molecule has 0 bridgehead atoms. The lowest BCUT2D eigenvalue weighted by atomic mass is 10.0. The van der Waals surface area contributed by atoms with Crippen molar-refractivity contribution in [1.82, 2.24) is 14.9 Å². The molecule has 0 saturated carbocycles. The summed E-state index contributed by atoms with van der Waals surface area (Å²) < 4.78 is 2.01. The third-order valence-corrected chi connectivity index (χ3v) is 4.22. The number of hydrogen-bond donors (Lipinski definition) is 2. The number of rotatable bonds is 5. The Bertz CT molecular complexity index is 851. The molecule has 1 heterocycles. The van der Waals surface area contributed by atoms with Crippen LogP contribution in [-0.2, 0) is 11.8 Å². The van der Waals surface area contributed by atoms with Gasteiger partial charge in [-0.05, 0) is 24.6 Å². The van der Waals surface area contributed by atoms with Crippen LogP contribution < -0.4 is 11.1 Å². The molecular weight excluding hydrogens is 371 g/mol. The number of carbonyl (C=O) groups is 1. The first-order valence-electron chi connectivity index (χ1n) is 8.07. The number of nitrogens with two attached hydrogens (primary N) is 1. The molecule has 3 aromatic rings. The molecule has 0 aliphatic rings. The first-order chi connectivity index (χ1) is 11.6. The van der Waals surface area contributed by atoms with Crippen LogP contribution in [0.3, 0.4) is 0 Å². The SMILES string of the molecule is CC(NC(=O)CC(N)c1ccccc1)c1nc2ccccc2n1C.Cl.Cl. The summed E-state index contributed by atoms with van der Waals surface area (Å²) in [5, 5.41) is 3.00. The van der Waals surface area contributed by atoms with Gasteiger partial charge in [0.2, 0.25) is 5.91 Å². The van der Waals surface area contributed by atoms with E-state index in [9.17, 15) is 4.79 Å². The van der Waals surface area contributed by atoms with Crippen LogP contribution in [0.2, 0.25) is 0 Å². The Morgan fingerprint density at radius 1 is 1.12 bits per heavy atom. The molecule has 26 heavy (non-hydrogen) atoms. The smallest absolute Gasteiger partial charge is 0.222 e. The number of nitrogens with one attached hydrogen (secondary N) is 1. The Morgan fingerprint density at radius 2 is 1.73 bits per heavy atom. The van der Waals surface area contributed by atoms with Crippen molar-refractivity contribution in [3.63, 3.8) is 0 Å². The number of halogens is 2. The van der Waals surface area contributed by atoms with Crippen LogP contribution in [0.25, 0.3) is 11.0 Å². The summed E-state index contributed by atoms with van der Waals surface area (Å²) >= 11 is 0. The van der Waals surface area contributed by atoms with Crippen LogP contribution in [-0.4, -0.2) is 15.5 Å². The van der Waals surface area contributed by atoms with Crippen molar-refractivity contribution in [3.05, 3.63) is 66.0 Å². The van der Waals surface area contributed by atoms with E-state index in [1.165, 1.54) is 0 Å². The van der Waals surface area contributed by atoms with Crippen LogP contribution >= 0.6 is 24.8 Å². The van der Waals surface area contributed by atoms with Gasteiger partial charge in [-0.25, -0.2) is 4.98 Å². The van der Waals surface area contributed by atoms with Gasteiger partial charge < -0.3 is 15.6 Å². The molecule has 0 spiro atoms.